The molecule has 0 amide bonds. The molecular weight excluding hydrogens is 376 g/mol. The summed E-state index contributed by atoms with van der Waals surface area (Å²) in [4.78, 5) is 0. The third-order valence-electron chi connectivity index (χ3n) is 4.56. The van der Waals surface area contributed by atoms with E-state index in [9.17, 15) is 5.11 Å². The predicted molar refractivity (Wildman–Crippen MR) is 107 cm³/mol. The van der Waals surface area contributed by atoms with Gasteiger partial charge in [0.2, 0.25) is 10.9 Å². The summed E-state index contributed by atoms with van der Waals surface area (Å²) in [7, 11) is 1.98. The number of imidazole rings is 1. The van der Waals surface area contributed by atoms with Crippen LogP contribution in [0.15, 0.2) is 59.8 Å². The van der Waals surface area contributed by atoms with Crippen LogP contribution in [0.2, 0.25) is 0 Å². The van der Waals surface area contributed by atoms with Crippen LogP contribution in [0.5, 0.6) is 5.75 Å². The number of nitrogens with zero attached hydrogens (tertiary/aromatic N) is 6. The Kier molecular flexibility index (Phi) is 4.18. The van der Waals surface area contributed by atoms with E-state index in [0.29, 0.717) is 16.7 Å². The highest BCUT2D eigenvalue weighted by Crippen LogP contribution is 2.24. The summed E-state index contributed by atoms with van der Waals surface area (Å²) >= 11 is 1.40. The number of aliphatic hydroxyl groups is 1. The molecular formula is C19H18N6O2S. The van der Waals surface area contributed by atoms with Crippen molar-refractivity contribution in [2.75, 3.05) is 12.4 Å². The molecule has 8 nitrogen and oxygen atoms in total. The molecule has 5 aromatic rings. The van der Waals surface area contributed by atoms with Gasteiger partial charge >= 0.3 is 0 Å². The van der Waals surface area contributed by atoms with Crippen LogP contribution in [0.25, 0.3) is 22.6 Å². The van der Waals surface area contributed by atoms with Crippen molar-refractivity contribution in [2.45, 2.75) is 11.3 Å². The molecule has 0 spiro atoms. The molecule has 0 bridgehead atoms. The van der Waals surface area contributed by atoms with Crippen molar-refractivity contribution in [1.82, 2.24) is 28.8 Å². The Morgan fingerprint density at radius 3 is 2.57 bits per heavy atom. The SMILES string of the molecule is Cn1c2ccccc2n2c1nn1c(SCC(O)COc3ccccc3)nnc12. The maximum absolute atomic E-state index is 10.2. The fourth-order valence-corrected chi connectivity index (χ4v) is 3.98. The molecule has 3 aromatic heterocycles. The maximum atomic E-state index is 10.2. The number of rotatable bonds is 6. The Hall–Kier alpha value is -3.04. The van der Waals surface area contributed by atoms with E-state index in [0.717, 1.165) is 22.6 Å². The lowest BCUT2D eigenvalue weighted by molar-refractivity contribution is 0.126. The highest BCUT2D eigenvalue weighted by molar-refractivity contribution is 7.99. The van der Waals surface area contributed by atoms with Gasteiger partial charge in [0.25, 0.3) is 5.78 Å². The van der Waals surface area contributed by atoms with Gasteiger partial charge in [-0.3, -0.25) is 0 Å². The number of aliphatic hydroxyl groups excluding tert-OH is 1. The summed E-state index contributed by atoms with van der Waals surface area (Å²) in [5, 5.41) is 24.1. The van der Waals surface area contributed by atoms with Crippen LogP contribution in [0.1, 0.15) is 0 Å². The zero-order valence-corrected chi connectivity index (χ0v) is 16.0. The molecule has 0 saturated carbocycles. The highest BCUT2D eigenvalue weighted by Gasteiger charge is 2.19. The molecule has 0 aliphatic heterocycles. The van der Waals surface area contributed by atoms with Gasteiger partial charge in [0.05, 0.1) is 17.1 Å². The number of hydrogen-bond acceptors (Lipinski definition) is 6. The van der Waals surface area contributed by atoms with Crippen molar-refractivity contribution in [3.05, 3.63) is 54.6 Å². The predicted octanol–water partition coefficient (Wildman–Crippen LogP) is 2.40. The number of aromatic nitrogens is 6. The van der Waals surface area contributed by atoms with Crippen LogP contribution < -0.4 is 4.74 Å². The van der Waals surface area contributed by atoms with E-state index in [2.05, 4.69) is 21.4 Å². The second kappa shape index (κ2) is 6.84. The van der Waals surface area contributed by atoms with Crippen LogP contribution in [-0.4, -0.2) is 52.3 Å². The fraction of sp³-hybridized carbons (Fsp3) is 0.211. The van der Waals surface area contributed by atoms with Crippen molar-refractivity contribution in [3.63, 3.8) is 0 Å². The number of thioether (sulfide) groups is 1. The normalized spacial score (nSPS) is 12.9. The van der Waals surface area contributed by atoms with Gasteiger partial charge in [-0.05, 0) is 24.3 Å². The molecule has 5 rings (SSSR count). The second-order valence-electron chi connectivity index (χ2n) is 6.47. The Morgan fingerprint density at radius 2 is 1.75 bits per heavy atom. The highest BCUT2D eigenvalue weighted by atomic mass is 32.2. The minimum absolute atomic E-state index is 0.217. The van der Waals surface area contributed by atoms with Gasteiger partial charge in [-0.15, -0.1) is 15.3 Å². The van der Waals surface area contributed by atoms with E-state index in [1.807, 2.05) is 64.5 Å². The fourth-order valence-electron chi connectivity index (χ4n) is 3.20. The Balaban J connectivity index is 1.36. The van der Waals surface area contributed by atoms with E-state index in [1.165, 1.54) is 11.8 Å². The summed E-state index contributed by atoms with van der Waals surface area (Å²) in [5.41, 5.74) is 2.11. The quantitative estimate of drug-likeness (QED) is 0.446. The van der Waals surface area contributed by atoms with Gasteiger partial charge in [0.15, 0.2) is 0 Å². The number of para-hydroxylation sites is 3. The van der Waals surface area contributed by atoms with Crippen molar-refractivity contribution in [1.29, 1.82) is 0 Å². The first kappa shape index (κ1) is 17.1. The lowest BCUT2D eigenvalue weighted by Gasteiger charge is -2.11. The Morgan fingerprint density at radius 1 is 1.00 bits per heavy atom. The Bertz CT molecular complexity index is 1260. The zero-order chi connectivity index (χ0) is 19.1. The number of ether oxygens (including phenoxy) is 1. The average molecular weight is 394 g/mol. The van der Waals surface area contributed by atoms with Crippen LogP contribution in [0.4, 0.5) is 0 Å². The van der Waals surface area contributed by atoms with E-state index in [4.69, 9.17) is 4.74 Å². The number of aryl methyl sites for hydroxylation is 1. The second-order valence-corrected chi connectivity index (χ2v) is 7.45. The molecule has 0 saturated heterocycles. The third-order valence-corrected chi connectivity index (χ3v) is 5.62. The lowest BCUT2D eigenvalue weighted by atomic mass is 10.3. The minimum Gasteiger partial charge on any atom is -0.491 e. The summed E-state index contributed by atoms with van der Waals surface area (Å²) in [6.45, 7) is 0.217. The van der Waals surface area contributed by atoms with Gasteiger partial charge in [-0.25, -0.2) is 4.40 Å². The minimum atomic E-state index is -0.629. The van der Waals surface area contributed by atoms with Crippen LogP contribution in [0, 0.1) is 0 Å². The van der Waals surface area contributed by atoms with Gasteiger partial charge in [0, 0.05) is 12.8 Å². The first-order chi connectivity index (χ1) is 13.7. The first-order valence-corrected chi connectivity index (χ1v) is 9.87. The third kappa shape index (κ3) is 2.79. The molecule has 1 atom stereocenters. The van der Waals surface area contributed by atoms with Crippen molar-refractivity contribution >= 4 is 34.4 Å². The van der Waals surface area contributed by atoms with Crippen molar-refractivity contribution < 1.29 is 9.84 Å². The van der Waals surface area contributed by atoms with Gasteiger partial charge in [-0.2, -0.15) is 4.52 Å². The van der Waals surface area contributed by atoms with E-state index >= 15 is 0 Å². The summed E-state index contributed by atoms with van der Waals surface area (Å²) in [6, 6.07) is 17.5. The van der Waals surface area contributed by atoms with Gasteiger partial charge < -0.3 is 14.4 Å². The van der Waals surface area contributed by atoms with Crippen molar-refractivity contribution in [3.8, 4) is 5.75 Å². The molecule has 9 heteroatoms. The van der Waals surface area contributed by atoms with E-state index < -0.39 is 6.10 Å². The molecule has 0 radical (unpaired) electrons. The molecule has 1 N–H and O–H groups in total. The number of hydrogen-bond donors (Lipinski definition) is 1. The topological polar surface area (TPSA) is 81.9 Å². The molecule has 28 heavy (non-hydrogen) atoms. The molecule has 1 unspecified atom stereocenters. The summed E-state index contributed by atoms with van der Waals surface area (Å²) < 4.78 is 11.3. The van der Waals surface area contributed by atoms with Crippen molar-refractivity contribution in [2.24, 2.45) is 7.05 Å². The molecule has 0 aliphatic carbocycles. The lowest BCUT2D eigenvalue weighted by Crippen LogP contribution is -2.20. The van der Waals surface area contributed by atoms with Gasteiger partial charge in [0.1, 0.15) is 12.4 Å². The number of benzene rings is 2. The van der Waals surface area contributed by atoms with E-state index in [-0.39, 0.29) is 6.61 Å². The summed E-state index contributed by atoms with van der Waals surface area (Å²) in [5.74, 6) is 2.62. The monoisotopic (exact) mass is 394 g/mol. The smallest absolute Gasteiger partial charge is 0.260 e. The largest absolute Gasteiger partial charge is 0.491 e. The first-order valence-electron chi connectivity index (χ1n) is 8.88. The van der Waals surface area contributed by atoms with Crippen LogP contribution in [-0.2, 0) is 7.05 Å². The standard InChI is InChI=1S/C19H18N6O2S/c1-23-15-9-5-6-10-16(15)24-17-20-21-19(25(17)22-18(23)24)28-12-13(26)11-27-14-7-3-2-4-8-14/h2-10,13,26H,11-12H2,1H3. The molecule has 0 aliphatic rings. The maximum Gasteiger partial charge on any atom is 0.260 e. The molecule has 2 aromatic carbocycles. The van der Waals surface area contributed by atoms with Crippen LogP contribution in [0.3, 0.4) is 0 Å². The zero-order valence-electron chi connectivity index (χ0n) is 15.1. The molecule has 0 fully saturated rings. The van der Waals surface area contributed by atoms with E-state index in [1.54, 1.807) is 4.52 Å². The molecule has 142 valence electrons. The van der Waals surface area contributed by atoms with Crippen LogP contribution >= 0.6 is 11.8 Å². The van der Waals surface area contributed by atoms with Gasteiger partial charge in [-0.1, -0.05) is 42.1 Å². The number of fused-ring (bicyclic) bond motifs is 5. The molecule has 3 heterocycles. The summed E-state index contributed by atoms with van der Waals surface area (Å²) in [6.07, 6.45) is -0.629. The Labute approximate surface area is 164 Å². The average Bonchev–Trinajstić information content (AvgIpc) is 3.37.